The van der Waals surface area contributed by atoms with E-state index in [1.807, 2.05) is 20.8 Å². The van der Waals surface area contributed by atoms with Crippen molar-refractivity contribution in [3.8, 4) is 0 Å². The first-order valence-corrected chi connectivity index (χ1v) is 7.15. The van der Waals surface area contributed by atoms with Crippen molar-refractivity contribution in [3.05, 3.63) is 35.4 Å². The first-order chi connectivity index (χ1) is 8.86. The molecule has 0 fully saturated rings. The van der Waals surface area contributed by atoms with Gasteiger partial charge in [-0.05, 0) is 30.5 Å². The molecule has 0 radical (unpaired) electrons. The van der Waals surface area contributed by atoms with Crippen LogP contribution in [0.25, 0.3) is 0 Å². The van der Waals surface area contributed by atoms with E-state index < -0.39 is 11.6 Å². The molecule has 0 aliphatic heterocycles. The van der Waals surface area contributed by atoms with Crippen LogP contribution < -0.4 is 0 Å². The fourth-order valence-corrected chi connectivity index (χ4v) is 1.95. The minimum atomic E-state index is -0.889. The van der Waals surface area contributed by atoms with Crippen LogP contribution in [0.3, 0.4) is 0 Å². The Kier molecular flexibility index (Phi) is 5.91. The maximum absolute atomic E-state index is 13.1. The molecule has 0 spiro atoms. The summed E-state index contributed by atoms with van der Waals surface area (Å²) in [6.45, 7) is 6.55. The minimum absolute atomic E-state index is 0.0396. The Morgan fingerprint density at radius 2 is 1.95 bits per heavy atom. The summed E-state index contributed by atoms with van der Waals surface area (Å²) in [4.78, 5) is 13.5. The predicted octanol–water partition coefficient (Wildman–Crippen LogP) is 3.73. The molecule has 0 saturated carbocycles. The maximum Gasteiger partial charge on any atom is 0.236 e. The van der Waals surface area contributed by atoms with E-state index in [-0.39, 0.29) is 23.2 Å². The Morgan fingerprint density at radius 1 is 1.32 bits per heavy atom. The van der Waals surface area contributed by atoms with E-state index in [0.29, 0.717) is 12.1 Å². The number of nitrogens with zero attached hydrogens (tertiary/aromatic N) is 1. The van der Waals surface area contributed by atoms with Crippen LogP contribution in [0.4, 0.5) is 8.78 Å². The molecule has 1 unspecified atom stereocenters. The molecule has 1 amide bonds. The van der Waals surface area contributed by atoms with E-state index in [0.717, 1.165) is 12.1 Å². The molecular weight excluding hydrogens is 316 g/mol. The zero-order valence-corrected chi connectivity index (χ0v) is 12.9. The second-order valence-corrected chi connectivity index (χ2v) is 5.73. The van der Waals surface area contributed by atoms with Crippen LogP contribution in [0.1, 0.15) is 26.3 Å². The SMILES string of the molecule is CCN(Cc1ccc(F)c(F)c1)C(=O)C(Br)C(C)C. The van der Waals surface area contributed by atoms with Crippen molar-refractivity contribution in [2.45, 2.75) is 32.1 Å². The van der Waals surface area contributed by atoms with Gasteiger partial charge in [0.1, 0.15) is 0 Å². The predicted molar refractivity (Wildman–Crippen MR) is 75.0 cm³/mol. The van der Waals surface area contributed by atoms with Crippen LogP contribution in [0.5, 0.6) is 0 Å². The fourth-order valence-electron chi connectivity index (χ4n) is 1.66. The molecule has 0 aliphatic rings. The van der Waals surface area contributed by atoms with Gasteiger partial charge >= 0.3 is 0 Å². The first-order valence-electron chi connectivity index (χ1n) is 6.23. The highest BCUT2D eigenvalue weighted by Crippen LogP contribution is 2.17. The van der Waals surface area contributed by atoms with Crippen LogP contribution in [0.2, 0.25) is 0 Å². The van der Waals surface area contributed by atoms with Gasteiger partial charge in [-0.1, -0.05) is 35.8 Å². The smallest absolute Gasteiger partial charge is 0.236 e. The molecule has 0 saturated heterocycles. The Bertz CT molecular complexity index is 451. The molecule has 19 heavy (non-hydrogen) atoms. The highest BCUT2D eigenvalue weighted by atomic mass is 79.9. The minimum Gasteiger partial charge on any atom is -0.338 e. The largest absolute Gasteiger partial charge is 0.338 e. The topological polar surface area (TPSA) is 20.3 Å². The summed E-state index contributed by atoms with van der Waals surface area (Å²) >= 11 is 3.36. The van der Waals surface area contributed by atoms with Gasteiger partial charge in [0.15, 0.2) is 11.6 Å². The Morgan fingerprint density at radius 3 is 2.42 bits per heavy atom. The molecule has 1 aromatic carbocycles. The molecule has 0 bridgehead atoms. The lowest BCUT2D eigenvalue weighted by Gasteiger charge is -2.25. The molecule has 1 rings (SSSR count). The van der Waals surface area contributed by atoms with Crippen molar-refractivity contribution < 1.29 is 13.6 Å². The van der Waals surface area contributed by atoms with Gasteiger partial charge in [-0.3, -0.25) is 4.79 Å². The summed E-state index contributed by atoms with van der Waals surface area (Å²) in [6.07, 6.45) is 0. The van der Waals surface area contributed by atoms with Crippen LogP contribution in [-0.2, 0) is 11.3 Å². The normalized spacial score (nSPS) is 12.6. The number of hydrogen-bond donors (Lipinski definition) is 0. The van der Waals surface area contributed by atoms with Crippen molar-refractivity contribution in [2.75, 3.05) is 6.54 Å². The summed E-state index contributed by atoms with van der Waals surface area (Å²) in [5.41, 5.74) is 0.581. The van der Waals surface area contributed by atoms with Crippen LogP contribution in [-0.4, -0.2) is 22.2 Å². The fraction of sp³-hybridized carbons (Fsp3) is 0.500. The molecule has 5 heteroatoms. The molecule has 106 valence electrons. The Hall–Kier alpha value is -0.970. The van der Waals surface area contributed by atoms with Gasteiger partial charge in [-0.2, -0.15) is 0 Å². The van der Waals surface area contributed by atoms with E-state index in [2.05, 4.69) is 15.9 Å². The second kappa shape index (κ2) is 6.98. The Balaban J connectivity index is 2.81. The van der Waals surface area contributed by atoms with Gasteiger partial charge in [-0.15, -0.1) is 0 Å². The Labute approximate surface area is 120 Å². The summed E-state index contributed by atoms with van der Waals surface area (Å²) in [5.74, 6) is -1.63. The highest BCUT2D eigenvalue weighted by Gasteiger charge is 2.23. The summed E-state index contributed by atoms with van der Waals surface area (Å²) in [7, 11) is 0. The number of amides is 1. The van der Waals surface area contributed by atoms with E-state index in [1.165, 1.54) is 6.07 Å². The van der Waals surface area contributed by atoms with E-state index in [1.54, 1.807) is 4.90 Å². The van der Waals surface area contributed by atoms with Gasteiger partial charge in [0, 0.05) is 13.1 Å². The van der Waals surface area contributed by atoms with E-state index in [9.17, 15) is 13.6 Å². The molecular formula is C14H18BrF2NO. The van der Waals surface area contributed by atoms with Gasteiger partial charge in [0.25, 0.3) is 0 Å². The van der Waals surface area contributed by atoms with Crippen molar-refractivity contribution in [1.82, 2.24) is 4.90 Å². The van der Waals surface area contributed by atoms with Crippen molar-refractivity contribution in [1.29, 1.82) is 0 Å². The number of hydrogen-bond acceptors (Lipinski definition) is 1. The highest BCUT2D eigenvalue weighted by molar-refractivity contribution is 9.10. The zero-order valence-electron chi connectivity index (χ0n) is 11.3. The summed E-state index contributed by atoms with van der Waals surface area (Å²) in [5, 5.41) is 0. The second-order valence-electron chi connectivity index (χ2n) is 4.75. The molecule has 1 aromatic rings. The molecule has 0 aliphatic carbocycles. The van der Waals surface area contributed by atoms with Gasteiger partial charge in [0.05, 0.1) is 4.83 Å². The number of benzene rings is 1. The molecule has 0 aromatic heterocycles. The maximum atomic E-state index is 13.1. The standard InChI is InChI=1S/C14H18BrF2NO/c1-4-18(14(19)13(15)9(2)3)8-10-5-6-11(16)12(17)7-10/h5-7,9,13H,4,8H2,1-3H3. The summed E-state index contributed by atoms with van der Waals surface area (Å²) in [6, 6.07) is 3.70. The van der Waals surface area contributed by atoms with E-state index >= 15 is 0 Å². The molecule has 2 nitrogen and oxygen atoms in total. The number of rotatable bonds is 5. The van der Waals surface area contributed by atoms with E-state index in [4.69, 9.17) is 0 Å². The van der Waals surface area contributed by atoms with Crippen molar-refractivity contribution >= 4 is 21.8 Å². The van der Waals surface area contributed by atoms with Gasteiger partial charge in [-0.25, -0.2) is 8.78 Å². The average Bonchev–Trinajstić information content (AvgIpc) is 2.38. The lowest BCUT2D eigenvalue weighted by Crippen LogP contribution is -2.38. The number of carbonyl (C=O) groups is 1. The quantitative estimate of drug-likeness (QED) is 0.752. The third-order valence-electron chi connectivity index (χ3n) is 2.87. The monoisotopic (exact) mass is 333 g/mol. The molecule has 0 heterocycles. The van der Waals surface area contributed by atoms with Crippen molar-refractivity contribution in [3.63, 3.8) is 0 Å². The zero-order chi connectivity index (χ0) is 14.6. The summed E-state index contributed by atoms with van der Waals surface area (Å²) < 4.78 is 26.0. The number of alkyl halides is 1. The number of halogens is 3. The molecule has 1 atom stereocenters. The lowest BCUT2D eigenvalue weighted by atomic mass is 10.1. The third-order valence-corrected chi connectivity index (χ3v) is 4.32. The lowest BCUT2D eigenvalue weighted by molar-refractivity contribution is -0.131. The average molecular weight is 334 g/mol. The van der Waals surface area contributed by atoms with Crippen LogP contribution in [0.15, 0.2) is 18.2 Å². The van der Waals surface area contributed by atoms with Crippen LogP contribution >= 0.6 is 15.9 Å². The van der Waals surface area contributed by atoms with Gasteiger partial charge in [0.2, 0.25) is 5.91 Å². The molecule has 0 N–H and O–H groups in total. The third kappa shape index (κ3) is 4.27. The first kappa shape index (κ1) is 16.1. The van der Waals surface area contributed by atoms with Crippen molar-refractivity contribution in [2.24, 2.45) is 5.92 Å². The van der Waals surface area contributed by atoms with Gasteiger partial charge < -0.3 is 4.90 Å². The van der Waals surface area contributed by atoms with Crippen LogP contribution in [0, 0.1) is 17.6 Å². The number of carbonyl (C=O) groups excluding carboxylic acids is 1.